The summed E-state index contributed by atoms with van der Waals surface area (Å²) in [5.74, 6) is 1.58. The number of rotatable bonds is 5. The molecule has 2 aromatic heterocycles. The van der Waals surface area contributed by atoms with Gasteiger partial charge in [-0.15, -0.1) is 0 Å². The standard InChI is InChI=1S/C22H29N3O3/c1-5-20(26)22-23-18-12-15(21-13(2)24-28-14(21)3)6-11-19(18)25(22)16-7-9-17(27-4)10-8-16/h6,11-12,16-17,20,26H,5,7-10H2,1-4H3. The van der Waals surface area contributed by atoms with Crippen molar-refractivity contribution < 1.29 is 14.4 Å². The van der Waals surface area contributed by atoms with Crippen molar-refractivity contribution in [2.24, 2.45) is 0 Å². The number of aliphatic hydroxyl groups is 1. The molecule has 1 aliphatic rings. The number of ether oxygens (including phenoxy) is 1. The van der Waals surface area contributed by atoms with Crippen LogP contribution in [0.15, 0.2) is 22.7 Å². The molecule has 0 amide bonds. The Bertz CT molecular complexity index is 947. The van der Waals surface area contributed by atoms with Crippen LogP contribution in [0.25, 0.3) is 22.2 Å². The van der Waals surface area contributed by atoms with Crippen LogP contribution in [0.4, 0.5) is 0 Å². The topological polar surface area (TPSA) is 73.3 Å². The molecule has 1 fully saturated rings. The van der Waals surface area contributed by atoms with Crippen molar-refractivity contribution in [1.29, 1.82) is 0 Å². The van der Waals surface area contributed by atoms with Gasteiger partial charge in [-0.2, -0.15) is 0 Å². The first-order valence-corrected chi connectivity index (χ1v) is 10.2. The van der Waals surface area contributed by atoms with Crippen LogP contribution in [0.3, 0.4) is 0 Å². The zero-order valence-electron chi connectivity index (χ0n) is 17.1. The van der Waals surface area contributed by atoms with Gasteiger partial charge in [0.15, 0.2) is 0 Å². The molecule has 0 aliphatic heterocycles. The zero-order valence-corrected chi connectivity index (χ0v) is 17.1. The molecule has 3 aromatic rings. The molecule has 0 bridgehead atoms. The molecule has 0 spiro atoms. The minimum absolute atomic E-state index is 0.344. The highest BCUT2D eigenvalue weighted by molar-refractivity contribution is 5.83. The first kappa shape index (κ1) is 19.2. The number of imidazole rings is 1. The number of fused-ring (bicyclic) bond motifs is 1. The number of aliphatic hydroxyl groups excluding tert-OH is 1. The molecule has 6 nitrogen and oxygen atoms in total. The van der Waals surface area contributed by atoms with E-state index >= 15 is 0 Å². The first-order valence-electron chi connectivity index (χ1n) is 10.2. The molecule has 1 N–H and O–H groups in total. The number of hydrogen-bond donors (Lipinski definition) is 1. The van der Waals surface area contributed by atoms with Crippen molar-refractivity contribution in [3.63, 3.8) is 0 Å². The summed E-state index contributed by atoms with van der Waals surface area (Å²) < 4.78 is 13.1. The first-order chi connectivity index (χ1) is 13.5. The third-order valence-corrected chi connectivity index (χ3v) is 6.07. The quantitative estimate of drug-likeness (QED) is 0.680. The van der Waals surface area contributed by atoms with Crippen molar-refractivity contribution in [3.05, 3.63) is 35.5 Å². The summed E-state index contributed by atoms with van der Waals surface area (Å²) in [4.78, 5) is 4.86. The number of hydrogen-bond acceptors (Lipinski definition) is 5. The van der Waals surface area contributed by atoms with E-state index in [1.54, 1.807) is 7.11 Å². The molecule has 28 heavy (non-hydrogen) atoms. The molecule has 1 unspecified atom stereocenters. The Balaban J connectivity index is 1.79. The predicted molar refractivity (Wildman–Crippen MR) is 108 cm³/mol. The summed E-state index contributed by atoms with van der Waals surface area (Å²) in [6, 6.07) is 6.66. The van der Waals surface area contributed by atoms with Gasteiger partial charge >= 0.3 is 0 Å². The smallest absolute Gasteiger partial charge is 0.141 e. The Kier molecular flexibility index (Phi) is 5.25. The van der Waals surface area contributed by atoms with Crippen LogP contribution in [0.5, 0.6) is 0 Å². The Morgan fingerprint density at radius 3 is 2.61 bits per heavy atom. The lowest BCUT2D eigenvalue weighted by molar-refractivity contribution is 0.0570. The van der Waals surface area contributed by atoms with Crippen LogP contribution in [0.1, 0.15) is 68.5 Å². The maximum absolute atomic E-state index is 10.6. The predicted octanol–water partition coefficient (Wildman–Crippen LogP) is 4.88. The van der Waals surface area contributed by atoms with Crippen LogP contribution < -0.4 is 0 Å². The van der Waals surface area contributed by atoms with Gasteiger partial charge in [0, 0.05) is 18.7 Å². The fourth-order valence-electron chi connectivity index (χ4n) is 4.51. The van der Waals surface area contributed by atoms with Crippen molar-refractivity contribution >= 4 is 11.0 Å². The fourth-order valence-corrected chi connectivity index (χ4v) is 4.51. The van der Waals surface area contributed by atoms with Crippen molar-refractivity contribution in [3.8, 4) is 11.1 Å². The lowest BCUT2D eigenvalue weighted by atomic mass is 9.92. The highest BCUT2D eigenvalue weighted by atomic mass is 16.5. The molecule has 1 saturated carbocycles. The molecule has 2 heterocycles. The number of benzene rings is 1. The number of methoxy groups -OCH3 is 1. The van der Waals surface area contributed by atoms with Gasteiger partial charge in [0.05, 0.1) is 22.8 Å². The van der Waals surface area contributed by atoms with Gasteiger partial charge in [0.2, 0.25) is 0 Å². The number of aryl methyl sites for hydroxylation is 2. The monoisotopic (exact) mass is 383 g/mol. The third-order valence-electron chi connectivity index (χ3n) is 6.07. The molecule has 1 aliphatic carbocycles. The molecular formula is C22H29N3O3. The van der Waals surface area contributed by atoms with Crippen molar-refractivity contribution in [2.75, 3.05) is 7.11 Å². The highest BCUT2D eigenvalue weighted by Gasteiger charge is 2.28. The van der Waals surface area contributed by atoms with E-state index in [9.17, 15) is 5.11 Å². The Morgan fingerprint density at radius 2 is 2.00 bits per heavy atom. The van der Waals surface area contributed by atoms with Gasteiger partial charge in [-0.25, -0.2) is 4.98 Å². The van der Waals surface area contributed by atoms with Crippen LogP contribution in [-0.2, 0) is 4.74 Å². The summed E-state index contributed by atoms with van der Waals surface area (Å²) in [5.41, 5.74) is 4.94. The Labute approximate surface area is 165 Å². The van der Waals surface area contributed by atoms with E-state index in [0.717, 1.165) is 65.1 Å². The molecule has 1 atom stereocenters. The molecular weight excluding hydrogens is 354 g/mol. The van der Waals surface area contributed by atoms with Crippen molar-refractivity contribution in [1.82, 2.24) is 14.7 Å². The minimum atomic E-state index is -0.560. The lowest BCUT2D eigenvalue weighted by Crippen LogP contribution is -2.24. The second kappa shape index (κ2) is 7.68. The summed E-state index contributed by atoms with van der Waals surface area (Å²) in [5, 5.41) is 14.7. The Hall–Kier alpha value is -2.18. The van der Waals surface area contributed by atoms with Gasteiger partial charge in [0.1, 0.15) is 17.7 Å². The van der Waals surface area contributed by atoms with Crippen LogP contribution in [0.2, 0.25) is 0 Å². The van der Waals surface area contributed by atoms with E-state index in [0.29, 0.717) is 18.6 Å². The molecule has 0 radical (unpaired) electrons. The van der Waals surface area contributed by atoms with Crippen LogP contribution in [0, 0.1) is 13.8 Å². The van der Waals surface area contributed by atoms with E-state index in [4.69, 9.17) is 14.2 Å². The van der Waals surface area contributed by atoms with Crippen LogP contribution >= 0.6 is 0 Å². The molecule has 4 rings (SSSR count). The SMILES string of the molecule is CCC(O)c1nc2cc(-c3c(C)noc3C)ccc2n1C1CCC(OC)CC1. The largest absolute Gasteiger partial charge is 0.385 e. The van der Waals surface area contributed by atoms with Gasteiger partial charge in [-0.3, -0.25) is 0 Å². The average Bonchev–Trinajstić information content (AvgIpc) is 3.26. The van der Waals surface area contributed by atoms with Crippen molar-refractivity contribution in [2.45, 2.75) is 71.1 Å². The molecule has 1 aromatic carbocycles. The molecule has 150 valence electrons. The lowest BCUT2D eigenvalue weighted by Gasteiger charge is -2.30. The van der Waals surface area contributed by atoms with Gasteiger partial charge in [0.25, 0.3) is 0 Å². The third kappa shape index (κ3) is 3.25. The van der Waals surface area contributed by atoms with Gasteiger partial charge < -0.3 is 18.9 Å². The van der Waals surface area contributed by atoms with E-state index in [1.807, 2.05) is 20.8 Å². The summed E-state index contributed by atoms with van der Waals surface area (Å²) in [6.07, 6.45) is 4.59. The summed E-state index contributed by atoms with van der Waals surface area (Å²) >= 11 is 0. The second-order valence-electron chi connectivity index (χ2n) is 7.83. The second-order valence-corrected chi connectivity index (χ2v) is 7.83. The zero-order chi connectivity index (χ0) is 19.8. The summed E-state index contributed by atoms with van der Waals surface area (Å²) in [6.45, 7) is 5.87. The highest BCUT2D eigenvalue weighted by Crippen LogP contribution is 2.37. The molecule has 6 heteroatoms. The van der Waals surface area contributed by atoms with E-state index in [1.165, 1.54) is 0 Å². The maximum Gasteiger partial charge on any atom is 0.141 e. The average molecular weight is 383 g/mol. The number of nitrogens with zero attached hydrogens (tertiary/aromatic N) is 3. The number of aromatic nitrogens is 3. The minimum Gasteiger partial charge on any atom is -0.385 e. The fraction of sp³-hybridized carbons (Fsp3) is 0.545. The molecule has 0 saturated heterocycles. The Morgan fingerprint density at radius 1 is 1.25 bits per heavy atom. The van der Waals surface area contributed by atoms with Crippen LogP contribution in [-0.4, -0.2) is 33.0 Å². The van der Waals surface area contributed by atoms with E-state index in [-0.39, 0.29) is 0 Å². The summed E-state index contributed by atoms with van der Waals surface area (Å²) in [7, 11) is 1.79. The van der Waals surface area contributed by atoms with Gasteiger partial charge in [-0.1, -0.05) is 18.1 Å². The maximum atomic E-state index is 10.6. The van der Waals surface area contributed by atoms with E-state index in [2.05, 4.69) is 27.9 Å². The van der Waals surface area contributed by atoms with Gasteiger partial charge in [-0.05, 0) is 63.6 Å². The van der Waals surface area contributed by atoms with E-state index < -0.39 is 6.10 Å². The normalized spacial score (nSPS) is 21.3.